The highest BCUT2D eigenvalue weighted by Gasteiger charge is 2.50. The lowest BCUT2D eigenvalue weighted by atomic mass is 9.99. The summed E-state index contributed by atoms with van der Waals surface area (Å²) in [5.74, 6) is 0. The summed E-state index contributed by atoms with van der Waals surface area (Å²) in [6, 6.07) is 0. The normalized spacial score (nSPS) is 39.0. The van der Waals surface area contributed by atoms with Gasteiger partial charge < -0.3 is 49.6 Å². The highest BCUT2D eigenvalue weighted by Crippen LogP contribution is 2.27. The van der Waals surface area contributed by atoms with Crippen molar-refractivity contribution in [3.05, 3.63) is 23.3 Å². The summed E-state index contributed by atoms with van der Waals surface area (Å²) < 4.78 is 21.6. The van der Waals surface area contributed by atoms with Crippen LogP contribution in [0.15, 0.2) is 23.3 Å². The van der Waals surface area contributed by atoms with Crippen molar-refractivity contribution in [2.24, 2.45) is 0 Å². The first kappa shape index (κ1) is 26.3. The van der Waals surface area contributed by atoms with Crippen LogP contribution in [-0.2, 0) is 18.9 Å². The van der Waals surface area contributed by atoms with Gasteiger partial charge in [0.2, 0.25) is 0 Å². The first-order valence-corrected chi connectivity index (χ1v) is 10.4. The molecule has 8 unspecified atom stereocenters. The minimum Gasteiger partial charge on any atom is -0.393 e. The van der Waals surface area contributed by atoms with Crippen LogP contribution in [-0.4, -0.2) is 106 Å². The van der Waals surface area contributed by atoms with Crippen molar-refractivity contribution in [2.45, 2.75) is 82.3 Å². The summed E-state index contributed by atoms with van der Waals surface area (Å²) in [7, 11) is 0. The van der Waals surface area contributed by atoms with Gasteiger partial charge in [0.25, 0.3) is 0 Å². The highest BCUT2D eigenvalue weighted by molar-refractivity contribution is 5.02. The lowest BCUT2D eigenvalue weighted by Crippen LogP contribution is -2.59. The molecule has 180 valence electrons. The fourth-order valence-corrected chi connectivity index (χ4v) is 3.29. The predicted molar refractivity (Wildman–Crippen MR) is 109 cm³/mol. The number of rotatable bonds is 10. The van der Waals surface area contributed by atoms with Gasteiger partial charge in [-0.2, -0.15) is 0 Å². The Balaban J connectivity index is 1.86. The Morgan fingerprint density at radius 1 is 1.00 bits per heavy atom. The molecule has 31 heavy (non-hydrogen) atoms. The predicted octanol–water partition coefficient (Wildman–Crippen LogP) is -1.04. The Morgan fingerprint density at radius 3 is 2.32 bits per heavy atom. The van der Waals surface area contributed by atoms with E-state index in [2.05, 4.69) is 6.08 Å². The Hall–Kier alpha value is -0.920. The van der Waals surface area contributed by atoms with Crippen molar-refractivity contribution in [3.8, 4) is 0 Å². The Kier molecular flexibility index (Phi) is 10.0. The van der Waals surface area contributed by atoms with Crippen molar-refractivity contribution < 1.29 is 49.6 Å². The molecule has 0 amide bonds. The molecule has 0 saturated carbocycles. The zero-order valence-corrected chi connectivity index (χ0v) is 18.3. The first-order chi connectivity index (χ1) is 14.6. The third-order valence-electron chi connectivity index (χ3n) is 5.46. The van der Waals surface area contributed by atoms with E-state index in [0.717, 1.165) is 18.4 Å². The zero-order chi connectivity index (χ0) is 23.2. The van der Waals surface area contributed by atoms with Gasteiger partial charge in [0.1, 0.15) is 36.1 Å². The van der Waals surface area contributed by atoms with Crippen LogP contribution in [0.2, 0.25) is 0 Å². The fourth-order valence-electron chi connectivity index (χ4n) is 3.29. The molecule has 2 rings (SSSR count). The summed E-state index contributed by atoms with van der Waals surface area (Å²) in [5.41, 5.74) is 0.514. The van der Waals surface area contributed by atoms with E-state index >= 15 is 0 Å². The van der Waals surface area contributed by atoms with Crippen LogP contribution in [0.1, 0.15) is 33.6 Å². The van der Waals surface area contributed by atoms with Gasteiger partial charge in [-0.05, 0) is 33.6 Å². The molecule has 0 bridgehead atoms. The largest absolute Gasteiger partial charge is 0.393 e. The molecule has 10 heteroatoms. The van der Waals surface area contributed by atoms with Gasteiger partial charge in [-0.25, -0.2) is 0 Å². The number of hydrogen-bond donors (Lipinski definition) is 6. The van der Waals surface area contributed by atoms with Crippen LogP contribution in [0, 0.1) is 0 Å². The maximum Gasteiger partial charge on any atom is 0.187 e. The molecule has 0 aromatic carbocycles. The zero-order valence-electron chi connectivity index (χ0n) is 18.3. The van der Waals surface area contributed by atoms with Crippen LogP contribution < -0.4 is 0 Å². The highest BCUT2D eigenvalue weighted by atomic mass is 16.7. The minimum atomic E-state index is -1.84. The molecule has 0 aromatic heterocycles. The molecule has 2 saturated heterocycles. The molecule has 10 nitrogen and oxygen atoms in total. The third kappa shape index (κ3) is 7.03. The molecular weight excluding hydrogens is 412 g/mol. The van der Waals surface area contributed by atoms with Gasteiger partial charge in [0.05, 0.1) is 26.4 Å². The van der Waals surface area contributed by atoms with Gasteiger partial charge in [-0.3, -0.25) is 0 Å². The molecular formula is C21H36O10. The van der Waals surface area contributed by atoms with E-state index in [9.17, 15) is 25.5 Å². The van der Waals surface area contributed by atoms with E-state index in [0.29, 0.717) is 0 Å². The van der Waals surface area contributed by atoms with Gasteiger partial charge in [-0.1, -0.05) is 23.3 Å². The van der Waals surface area contributed by atoms with Crippen LogP contribution in [0.25, 0.3) is 0 Å². The molecule has 0 aromatic rings. The average molecular weight is 449 g/mol. The maximum atomic E-state index is 10.2. The SMILES string of the molecule is CC(C)=CCCC(C)=CCOC1OC(COC2OCC(O)(CO)C2O)C(O)C(O)C1O. The summed E-state index contributed by atoms with van der Waals surface area (Å²) in [6.45, 7) is 4.84. The molecule has 6 N–H and O–H groups in total. The lowest BCUT2D eigenvalue weighted by Gasteiger charge is -2.40. The van der Waals surface area contributed by atoms with Crippen molar-refractivity contribution in [1.82, 2.24) is 0 Å². The first-order valence-electron chi connectivity index (χ1n) is 10.4. The van der Waals surface area contributed by atoms with E-state index in [-0.39, 0.29) is 19.8 Å². The monoisotopic (exact) mass is 448 g/mol. The molecule has 2 aliphatic heterocycles. The van der Waals surface area contributed by atoms with E-state index in [1.807, 2.05) is 26.8 Å². The third-order valence-corrected chi connectivity index (χ3v) is 5.46. The standard InChI is InChI=1S/C21H36O10/c1-12(2)5-4-6-13(3)7-8-28-19-17(25)16(24)15(23)14(31-19)9-29-20-18(26)21(27,10-22)11-30-20/h5,7,14-20,22-27H,4,6,8-11H2,1-3H3. The summed E-state index contributed by atoms with van der Waals surface area (Å²) in [5, 5.41) is 59.7. The van der Waals surface area contributed by atoms with Crippen molar-refractivity contribution in [3.63, 3.8) is 0 Å². The molecule has 2 heterocycles. The van der Waals surface area contributed by atoms with Crippen molar-refractivity contribution >= 4 is 0 Å². The van der Waals surface area contributed by atoms with E-state index in [1.165, 1.54) is 5.57 Å². The van der Waals surface area contributed by atoms with Crippen LogP contribution in [0.3, 0.4) is 0 Å². The number of aliphatic hydroxyl groups is 6. The fraction of sp³-hybridized carbons (Fsp3) is 0.810. The second-order valence-electron chi connectivity index (χ2n) is 8.44. The lowest BCUT2D eigenvalue weighted by molar-refractivity contribution is -0.307. The second-order valence-corrected chi connectivity index (χ2v) is 8.44. The molecule has 2 aliphatic rings. The summed E-state index contributed by atoms with van der Waals surface area (Å²) in [6.07, 6.45) is -3.70. The van der Waals surface area contributed by atoms with Crippen LogP contribution >= 0.6 is 0 Å². The smallest absolute Gasteiger partial charge is 0.187 e. The molecule has 0 radical (unpaired) electrons. The van der Waals surface area contributed by atoms with Crippen molar-refractivity contribution in [2.75, 3.05) is 26.4 Å². The van der Waals surface area contributed by atoms with Gasteiger partial charge in [0, 0.05) is 0 Å². The van der Waals surface area contributed by atoms with Crippen LogP contribution in [0.4, 0.5) is 0 Å². The number of aliphatic hydroxyl groups excluding tert-OH is 5. The molecule has 2 fully saturated rings. The maximum absolute atomic E-state index is 10.2. The van der Waals surface area contributed by atoms with Gasteiger partial charge in [-0.15, -0.1) is 0 Å². The Labute approximate surface area is 182 Å². The Bertz CT molecular complexity index is 619. The van der Waals surface area contributed by atoms with Gasteiger partial charge >= 0.3 is 0 Å². The average Bonchev–Trinajstić information content (AvgIpc) is 3.01. The quantitative estimate of drug-likeness (QED) is 0.228. The molecule has 8 atom stereocenters. The number of ether oxygens (including phenoxy) is 4. The van der Waals surface area contributed by atoms with E-state index in [4.69, 9.17) is 24.1 Å². The van der Waals surface area contributed by atoms with E-state index < -0.39 is 55.3 Å². The summed E-state index contributed by atoms with van der Waals surface area (Å²) >= 11 is 0. The molecule has 0 aliphatic carbocycles. The van der Waals surface area contributed by atoms with Gasteiger partial charge in [0.15, 0.2) is 12.6 Å². The summed E-state index contributed by atoms with van der Waals surface area (Å²) in [4.78, 5) is 0. The van der Waals surface area contributed by atoms with Crippen molar-refractivity contribution in [1.29, 1.82) is 0 Å². The topological polar surface area (TPSA) is 158 Å². The Morgan fingerprint density at radius 2 is 1.71 bits per heavy atom. The van der Waals surface area contributed by atoms with Crippen LogP contribution in [0.5, 0.6) is 0 Å². The molecule has 0 spiro atoms. The van der Waals surface area contributed by atoms with E-state index in [1.54, 1.807) is 0 Å². The minimum absolute atomic E-state index is 0.146. The second kappa shape index (κ2) is 11.8. The number of allylic oxidation sites excluding steroid dienone is 3. The number of hydrogen-bond acceptors (Lipinski definition) is 10.